The summed E-state index contributed by atoms with van der Waals surface area (Å²) < 4.78 is 0. The first-order valence-electron chi connectivity index (χ1n) is 5.98. The Bertz CT molecular complexity index is 387. The smallest absolute Gasteiger partial charge is 0.243 e. The molecule has 1 aromatic carbocycles. The summed E-state index contributed by atoms with van der Waals surface area (Å²) in [5.41, 5.74) is 2.35. The van der Waals surface area contributed by atoms with Crippen molar-refractivity contribution >= 4 is 11.6 Å². The summed E-state index contributed by atoms with van der Waals surface area (Å²) in [4.78, 5) is 11.9. The summed E-state index contributed by atoms with van der Waals surface area (Å²) in [6.45, 7) is 0. The van der Waals surface area contributed by atoms with E-state index >= 15 is 0 Å². The van der Waals surface area contributed by atoms with Crippen molar-refractivity contribution in [2.75, 3.05) is 5.32 Å². The Morgan fingerprint density at radius 1 is 1.31 bits per heavy atom. The van der Waals surface area contributed by atoms with Crippen LogP contribution in [0.4, 0.5) is 5.69 Å². The van der Waals surface area contributed by atoms with E-state index in [0.717, 1.165) is 24.9 Å². The van der Waals surface area contributed by atoms with Gasteiger partial charge in [0.15, 0.2) is 0 Å². The van der Waals surface area contributed by atoms with E-state index in [1.54, 1.807) is 0 Å². The number of anilines is 1. The second-order valence-corrected chi connectivity index (χ2v) is 4.69. The van der Waals surface area contributed by atoms with Gasteiger partial charge in [0, 0.05) is 18.2 Å². The molecule has 1 heterocycles. The summed E-state index contributed by atoms with van der Waals surface area (Å²) >= 11 is 0. The second kappa shape index (κ2) is 3.81. The number of amides is 1. The summed E-state index contributed by atoms with van der Waals surface area (Å²) in [5.74, 6) is 0.154. The molecule has 0 bridgehead atoms. The number of benzene rings is 1. The van der Waals surface area contributed by atoms with E-state index in [9.17, 15) is 4.79 Å². The Labute approximate surface area is 95.2 Å². The molecule has 1 aromatic rings. The van der Waals surface area contributed by atoms with Gasteiger partial charge >= 0.3 is 0 Å². The van der Waals surface area contributed by atoms with E-state index in [4.69, 9.17) is 0 Å². The monoisotopic (exact) mass is 216 g/mol. The highest BCUT2D eigenvalue weighted by Crippen LogP contribution is 2.26. The Hall–Kier alpha value is -1.51. The Morgan fingerprint density at radius 3 is 2.81 bits per heavy atom. The molecule has 1 atom stereocenters. The lowest BCUT2D eigenvalue weighted by atomic mass is 9.93. The molecule has 0 saturated heterocycles. The van der Waals surface area contributed by atoms with E-state index in [1.165, 1.54) is 12.0 Å². The Kier molecular flexibility index (Phi) is 2.31. The van der Waals surface area contributed by atoms with Crippen molar-refractivity contribution < 1.29 is 4.79 Å². The van der Waals surface area contributed by atoms with Gasteiger partial charge in [-0.3, -0.25) is 4.79 Å². The van der Waals surface area contributed by atoms with Gasteiger partial charge in [0.1, 0.15) is 6.04 Å². The largest absolute Gasteiger partial charge is 0.373 e. The molecule has 2 N–H and O–H groups in total. The highest BCUT2D eigenvalue weighted by molar-refractivity contribution is 5.87. The SMILES string of the molecule is O=C(NC1CCC1)C1Cc2ccccc2N1. The predicted octanol–water partition coefficient (Wildman–Crippen LogP) is 1.69. The van der Waals surface area contributed by atoms with Crippen molar-refractivity contribution in [3.05, 3.63) is 29.8 Å². The number of para-hydroxylation sites is 1. The fourth-order valence-corrected chi connectivity index (χ4v) is 2.31. The summed E-state index contributed by atoms with van der Waals surface area (Å²) in [6, 6.07) is 8.49. The minimum absolute atomic E-state index is 0.0713. The van der Waals surface area contributed by atoms with E-state index in [-0.39, 0.29) is 11.9 Å². The molecule has 3 rings (SSSR count). The van der Waals surface area contributed by atoms with Crippen molar-refractivity contribution in [3.8, 4) is 0 Å². The van der Waals surface area contributed by atoms with Crippen molar-refractivity contribution in [1.82, 2.24) is 5.32 Å². The van der Waals surface area contributed by atoms with Crippen LogP contribution in [0.3, 0.4) is 0 Å². The third-order valence-corrected chi connectivity index (χ3v) is 3.54. The standard InChI is InChI=1S/C13H16N2O/c16-13(14-10-5-3-6-10)12-8-9-4-1-2-7-11(9)15-12/h1-2,4,7,10,12,15H,3,5-6,8H2,(H,14,16). The van der Waals surface area contributed by atoms with Gasteiger partial charge in [0.05, 0.1) is 0 Å². The van der Waals surface area contributed by atoms with Crippen molar-refractivity contribution in [3.63, 3.8) is 0 Å². The average Bonchev–Trinajstić information content (AvgIpc) is 2.66. The van der Waals surface area contributed by atoms with Gasteiger partial charge in [-0.15, -0.1) is 0 Å². The summed E-state index contributed by atoms with van der Waals surface area (Å²) in [6.07, 6.45) is 4.36. The highest BCUT2D eigenvalue weighted by atomic mass is 16.2. The third-order valence-electron chi connectivity index (χ3n) is 3.54. The molecule has 1 aliphatic carbocycles. The van der Waals surface area contributed by atoms with Gasteiger partial charge < -0.3 is 10.6 Å². The Balaban J connectivity index is 1.64. The number of rotatable bonds is 2. The molecule has 16 heavy (non-hydrogen) atoms. The van der Waals surface area contributed by atoms with Gasteiger partial charge in [-0.1, -0.05) is 18.2 Å². The summed E-state index contributed by atoms with van der Waals surface area (Å²) in [5, 5.41) is 6.37. The third kappa shape index (κ3) is 1.66. The van der Waals surface area contributed by atoms with Crippen LogP contribution in [0.1, 0.15) is 24.8 Å². The van der Waals surface area contributed by atoms with Crippen LogP contribution in [0.25, 0.3) is 0 Å². The zero-order chi connectivity index (χ0) is 11.0. The van der Waals surface area contributed by atoms with Gasteiger partial charge in [-0.25, -0.2) is 0 Å². The highest BCUT2D eigenvalue weighted by Gasteiger charge is 2.29. The van der Waals surface area contributed by atoms with Gasteiger partial charge in [-0.05, 0) is 30.9 Å². The molecule has 1 unspecified atom stereocenters. The molecule has 3 nitrogen and oxygen atoms in total. The first kappa shape index (κ1) is 9.70. The lowest BCUT2D eigenvalue weighted by Gasteiger charge is -2.27. The maximum absolute atomic E-state index is 11.9. The molecule has 2 aliphatic rings. The van der Waals surface area contributed by atoms with Crippen LogP contribution in [0.2, 0.25) is 0 Å². The zero-order valence-corrected chi connectivity index (χ0v) is 9.20. The van der Waals surface area contributed by atoms with Crippen molar-refractivity contribution in [1.29, 1.82) is 0 Å². The first-order chi connectivity index (χ1) is 7.83. The molecule has 0 aromatic heterocycles. The molecule has 3 heteroatoms. The number of carbonyl (C=O) groups excluding carboxylic acids is 1. The van der Waals surface area contributed by atoms with Crippen LogP contribution in [0, 0.1) is 0 Å². The van der Waals surface area contributed by atoms with Crippen LogP contribution >= 0.6 is 0 Å². The van der Waals surface area contributed by atoms with Crippen LogP contribution in [0.5, 0.6) is 0 Å². The zero-order valence-electron chi connectivity index (χ0n) is 9.20. The number of nitrogens with one attached hydrogen (secondary N) is 2. The molecular weight excluding hydrogens is 200 g/mol. The van der Waals surface area contributed by atoms with Gasteiger partial charge in [-0.2, -0.15) is 0 Å². The van der Waals surface area contributed by atoms with E-state index in [1.807, 2.05) is 18.2 Å². The minimum Gasteiger partial charge on any atom is -0.373 e. The normalized spacial score (nSPS) is 23.1. The maximum atomic E-state index is 11.9. The maximum Gasteiger partial charge on any atom is 0.243 e. The average molecular weight is 216 g/mol. The van der Waals surface area contributed by atoms with E-state index in [0.29, 0.717) is 6.04 Å². The van der Waals surface area contributed by atoms with Crippen LogP contribution in [0.15, 0.2) is 24.3 Å². The molecule has 1 aliphatic heterocycles. The summed E-state index contributed by atoms with van der Waals surface area (Å²) in [7, 11) is 0. The van der Waals surface area contributed by atoms with Crippen molar-refractivity contribution in [2.24, 2.45) is 0 Å². The van der Waals surface area contributed by atoms with Crippen LogP contribution in [-0.4, -0.2) is 18.0 Å². The van der Waals surface area contributed by atoms with E-state index in [2.05, 4.69) is 16.7 Å². The fourth-order valence-electron chi connectivity index (χ4n) is 2.31. The fraction of sp³-hybridized carbons (Fsp3) is 0.462. The quantitative estimate of drug-likeness (QED) is 0.790. The second-order valence-electron chi connectivity index (χ2n) is 4.69. The van der Waals surface area contributed by atoms with Crippen LogP contribution in [-0.2, 0) is 11.2 Å². The van der Waals surface area contributed by atoms with Crippen LogP contribution < -0.4 is 10.6 Å². The molecule has 1 amide bonds. The number of hydrogen-bond acceptors (Lipinski definition) is 2. The number of hydrogen-bond donors (Lipinski definition) is 2. The molecule has 1 saturated carbocycles. The molecular formula is C13H16N2O. The van der Waals surface area contributed by atoms with Gasteiger partial charge in [0.2, 0.25) is 5.91 Å². The van der Waals surface area contributed by atoms with Crippen molar-refractivity contribution in [2.45, 2.75) is 37.8 Å². The minimum atomic E-state index is -0.0713. The number of fused-ring (bicyclic) bond motifs is 1. The molecule has 0 spiro atoms. The first-order valence-corrected chi connectivity index (χ1v) is 5.98. The lowest BCUT2D eigenvalue weighted by Crippen LogP contribution is -2.46. The topological polar surface area (TPSA) is 41.1 Å². The number of carbonyl (C=O) groups is 1. The predicted molar refractivity (Wildman–Crippen MR) is 63.3 cm³/mol. The van der Waals surface area contributed by atoms with Gasteiger partial charge in [0.25, 0.3) is 0 Å². The molecule has 1 fully saturated rings. The molecule has 84 valence electrons. The lowest BCUT2D eigenvalue weighted by molar-refractivity contribution is -0.122. The molecule has 0 radical (unpaired) electrons. The van der Waals surface area contributed by atoms with E-state index < -0.39 is 0 Å². The Morgan fingerprint density at radius 2 is 2.12 bits per heavy atom.